The van der Waals surface area contributed by atoms with Crippen molar-refractivity contribution in [1.29, 1.82) is 0 Å². The molecule has 1 aromatic rings. The van der Waals surface area contributed by atoms with Crippen LogP contribution in [-0.2, 0) is 9.53 Å². The van der Waals surface area contributed by atoms with E-state index in [0.717, 1.165) is 31.5 Å². The minimum atomic E-state index is -4.53. The highest BCUT2D eigenvalue weighted by atomic mass is 35.5. The van der Waals surface area contributed by atoms with Gasteiger partial charge in [0.25, 0.3) is 5.91 Å². The lowest BCUT2D eigenvalue weighted by Crippen LogP contribution is -2.56. The molecule has 0 atom stereocenters. The lowest BCUT2D eigenvalue weighted by molar-refractivity contribution is -0.154. The molecule has 0 saturated heterocycles. The zero-order valence-corrected chi connectivity index (χ0v) is 15.5. The van der Waals surface area contributed by atoms with Crippen molar-refractivity contribution in [1.82, 2.24) is 10.3 Å². The molecule has 1 fully saturated rings. The molecular formula is C17H20ClF3N2O4. The molecule has 1 heterocycles. The van der Waals surface area contributed by atoms with Gasteiger partial charge in [-0.15, -0.1) is 0 Å². The lowest BCUT2D eigenvalue weighted by Gasteiger charge is -2.35. The summed E-state index contributed by atoms with van der Waals surface area (Å²) >= 11 is 5.87. The highest BCUT2D eigenvalue weighted by Gasteiger charge is 2.42. The molecule has 1 aliphatic carbocycles. The maximum absolute atomic E-state index is 12.6. The van der Waals surface area contributed by atoms with E-state index in [2.05, 4.69) is 15.0 Å². The Morgan fingerprint density at radius 3 is 2.52 bits per heavy atom. The van der Waals surface area contributed by atoms with Crippen molar-refractivity contribution in [3.05, 3.63) is 22.8 Å². The predicted octanol–water partition coefficient (Wildman–Crippen LogP) is 3.67. The van der Waals surface area contributed by atoms with Gasteiger partial charge in [-0.2, -0.15) is 13.2 Å². The molecule has 6 nitrogen and oxygen atoms in total. The van der Waals surface area contributed by atoms with Crippen molar-refractivity contribution in [3.8, 4) is 5.88 Å². The molecule has 27 heavy (non-hydrogen) atoms. The molecule has 0 aliphatic heterocycles. The van der Waals surface area contributed by atoms with Crippen LogP contribution >= 0.6 is 11.6 Å². The fourth-order valence-electron chi connectivity index (χ4n) is 2.90. The Morgan fingerprint density at radius 2 is 1.96 bits per heavy atom. The second-order valence-corrected chi connectivity index (χ2v) is 6.64. The summed E-state index contributed by atoms with van der Waals surface area (Å²) in [5.74, 6) is -1.53. The highest BCUT2D eigenvalue weighted by Crippen LogP contribution is 2.30. The first kappa shape index (κ1) is 21.3. The lowest BCUT2D eigenvalue weighted by atomic mass is 9.81. The molecule has 1 amide bonds. The topological polar surface area (TPSA) is 77.5 Å². The van der Waals surface area contributed by atoms with E-state index < -0.39 is 36.1 Å². The van der Waals surface area contributed by atoms with Crippen LogP contribution in [0.3, 0.4) is 0 Å². The summed E-state index contributed by atoms with van der Waals surface area (Å²) in [4.78, 5) is 28.6. The maximum atomic E-state index is 12.6. The smallest absolute Gasteiger partial charge is 0.422 e. The van der Waals surface area contributed by atoms with Crippen LogP contribution in [0.2, 0.25) is 5.02 Å². The number of amides is 1. The Hall–Kier alpha value is -2.03. The molecule has 1 saturated carbocycles. The molecule has 1 N–H and O–H groups in total. The van der Waals surface area contributed by atoms with Crippen molar-refractivity contribution in [2.45, 2.75) is 50.7 Å². The van der Waals surface area contributed by atoms with Gasteiger partial charge in [0.2, 0.25) is 5.88 Å². The summed E-state index contributed by atoms with van der Waals surface area (Å²) in [6.45, 7) is 0.325. The number of aromatic nitrogens is 1. The van der Waals surface area contributed by atoms with E-state index in [-0.39, 0.29) is 17.2 Å². The molecule has 2 rings (SSSR count). The number of alkyl halides is 3. The van der Waals surface area contributed by atoms with Gasteiger partial charge in [0.15, 0.2) is 6.61 Å². The van der Waals surface area contributed by atoms with Gasteiger partial charge in [-0.3, -0.25) is 4.79 Å². The number of esters is 1. The van der Waals surface area contributed by atoms with Crippen molar-refractivity contribution < 1.29 is 32.2 Å². The van der Waals surface area contributed by atoms with Crippen molar-refractivity contribution in [2.75, 3.05) is 13.2 Å². The Labute approximate surface area is 159 Å². The van der Waals surface area contributed by atoms with Gasteiger partial charge in [-0.25, -0.2) is 9.78 Å². The average molecular weight is 409 g/mol. The summed E-state index contributed by atoms with van der Waals surface area (Å²) in [5, 5.41) is 2.47. The van der Waals surface area contributed by atoms with Crippen LogP contribution in [0.4, 0.5) is 13.2 Å². The molecule has 0 unspecified atom stereocenters. The summed E-state index contributed by atoms with van der Waals surface area (Å²) < 4.78 is 46.3. The van der Waals surface area contributed by atoms with Gasteiger partial charge in [0.05, 0.1) is 12.2 Å². The number of hydrogen-bond donors (Lipinski definition) is 1. The van der Waals surface area contributed by atoms with Crippen molar-refractivity contribution in [3.63, 3.8) is 0 Å². The van der Waals surface area contributed by atoms with Crippen LogP contribution in [0.5, 0.6) is 5.88 Å². The molecular weight excluding hydrogens is 389 g/mol. The number of hydrogen-bond acceptors (Lipinski definition) is 5. The first-order valence-corrected chi connectivity index (χ1v) is 8.89. The number of nitrogens with zero attached hydrogens (tertiary/aromatic N) is 1. The second kappa shape index (κ2) is 8.77. The summed E-state index contributed by atoms with van der Waals surface area (Å²) in [5.41, 5.74) is -1.11. The molecule has 0 bridgehead atoms. The zero-order chi connectivity index (χ0) is 20.1. The SMILES string of the molecule is CCOC(=O)C1(NC(=O)c2cnc(OCC(F)(F)F)c(Cl)c2)CCCCC1. The minimum Gasteiger partial charge on any atom is -0.467 e. The van der Waals surface area contributed by atoms with E-state index in [1.165, 1.54) is 0 Å². The standard InChI is InChI=1S/C17H20ClF3N2O4/c1-2-26-15(25)16(6-4-3-5-7-16)23-13(24)11-8-12(18)14(22-9-11)27-10-17(19,20)21/h8-9H,2-7,10H2,1H3,(H,23,24). The first-order valence-electron chi connectivity index (χ1n) is 8.52. The summed E-state index contributed by atoms with van der Waals surface area (Å²) in [6.07, 6.45) is -0.0972. The van der Waals surface area contributed by atoms with E-state index in [0.29, 0.717) is 12.8 Å². The third kappa shape index (κ3) is 5.72. The van der Waals surface area contributed by atoms with Gasteiger partial charge in [0.1, 0.15) is 10.6 Å². The molecule has 0 spiro atoms. The fraction of sp³-hybridized carbons (Fsp3) is 0.588. The van der Waals surface area contributed by atoms with E-state index in [1.54, 1.807) is 6.92 Å². The monoisotopic (exact) mass is 408 g/mol. The fourth-order valence-corrected chi connectivity index (χ4v) is 3.12. The van der Waals surface area contributed by atoms with Gasteiger partial charge < -0.3 is 14.8 Å². The maximum Gasteiger partial charge on any atom is 0.422 e. The van der Waals surface area contributed by atoms with Crippen LogP contribution in [0.1, 0.15) is 49.4 Å². The molecule has 0 aromatic carbocycles. The zero-order valence-electron chi connectivity index (χ0n) is 14.7. The Balaban J connectivity index is 2.13. The molecule has 150 valence electrons. The Morgan fingerprint density at radius 1 is 1.30 bits per heavy atom. The Kier molecular flexibility index (Phi) is 6.91. The highest BCUT2D eigenvalue weighted by molar-refractivity contribution is 6.32. The van der Waals surface area contributed by atoms with E-state index in [4.69, 9.17) is 16.3 Å². The van der Waals surface area contributed by atoms with Crippen LogP contribution in [0.25, 0.3) is 0 Å². The largest absolute Gasteiger partial charge is 0.467 e. The number of halogens is 4. The van der Waals surface area contributed by atoms with Gasteiger partial charge in [-0.05, 0) is 25.8 Å². The number of pyridine rings is 1. The van der Waals surface area contributed by atoms with Gasteiger partial charge in [0, 0.05) is 6.20 Å². The third-order valence-electron chi connectivity index (χ3n) is 4.17. The number of rotatable bonds is 6. The first-order chi connectivity index (χ1) is 12.7. The molecule has 1 aliphatic rings. The predicted molar refractivity (Wildman–Crippen MR) is 90.7 cm³/mol. The quantitative estimate of drug-likeness (QED) is 0.727. The number of nitrogens with one attached hydrogen (secondary N) is 1. The van der Waals surface area contributed by atoms with Gasteiger partial charge in [-0.1, -0.05) is 30.9 Å². The normalized spacial score (nSPS) is 16.5. The number of carbonyl (C=O) groups excluding carboxylic acids is 2. The molecule has 10 heteroatoms. The third-order valence-corrected chi connectivity index (χ3v) is 4.44. The van der Waals surface area contributed by atoms with Crippen LogP contribution in [-0.4, -0.2) is 41.8 Å². The summed E-state index contributed by atoms with van der Waals surface area (Å²) in [7, 11) is 0. The van der Waals surface area contributed by atoms with Crippen LogP contribution in [0.15, 0.2) is 12.3 Å². The summed E-state index contributed by atoms with van der Waals surface area (Å²) in [6, 6.07) is 1.15. The minimum absolute atomic E-state index is 0.00797. The van der Waals surface area contributed by atoms with Crippen molar-refractivity contribution >= 4 is 23.5 Å². The van der Waals surface area contributed by atoms with Crippen LogP contribution in [0, 0.1) is 0 Å². The Bertz CT molecular complexity index is 691. The number of ether oxygens (including phenoxy) is 2. The van der Waals surface area contributed by atoms with E-state index in [1.807, 2.05) is 0 Å². The van der Waals surface area contributed by atoms with E-state index >= 15 is 0 Å². The van der Waals surface area contributed by atoms with Gasteiger partial charge >= 0.3 is 12.1 Å². The van der Waals surface area contributed by atoms with E-state index in [9.17, 15) is 22.8 Å². The molecule has 0 radical (unpaired) electrons. The second-order valence-electron chi connectivity index (χ2n) is 6.23. The number of carbonyl (C=O) groups is 2. The van der Waals surface area contributed by atoms with Crippen molar-refractivity contribution in [2.24, 2.45) is 0 Å². The average Bonchev–Trinajstić information content (AvgIpc) is 2.60. The van der Waals surface area contributed by atoms with Crippen LogP contribution < -0.4 is 10.1 Å². The molecule has 1 aromatic heterocycles.